The first-order valence-electron chi connectivity index (χ1n) is 7.86. The lowest BCUT2D eigenvalue weighted by molar-refractivity contribution is -0.131. The highest BCUT2D eigenvalue weighted by Gasteiger charge is 2.31. The van der Waals surface area contributed by atoms with Gasteiger partial charge in [0, 0.05) is 17.1 Å². The summed E-state index contributed by atoms with van der Waals surface area (Å²) in [5.74, 6) is -0.486. The maximum absolute atomic E-state index is 13.9. The van der Waals surface area contributed by atoms with Gasteiger partial charge in [0.1, 0.15) is 5.82 Å². The van der Waals surface area contributed by atoms with Crippen molar-refractivity contribution in [2.75, 3.05) is 6.54 Å². The second kappa shape index (κ2) is 6.71. The highest BCUT2D eigenvalue weighted by Crippen LogP contribution is 2.34. The lowest BCUT2D eigenvalue weighted by Crippen LogP contribution is -2.32. The zero-order chi connectivity index (χ0) is 16.4. The Hall–Kier alpha value is -1.87. The van der Waals surface area contributed by atoms with Crippen LogP contribution in [-0.2, 0) is 11.2 Å². The summed E-state index contributed by atoms with van der Waals surface area (Å²) >= 11 is 6.05. The number of benzene rings is 2. The minimum Gasteiger partial charge on any atom is -0.335 e. The predicted molar refractivity (Wildman–Crippen MR) is 90.0 cm³/mol. The van der Waals surface area contributed by atoms with Gasteiger partial charge in [-0.05, 0) is 43.0 Å². The summed E-state index contributed by atoms with van der Waals surface area (Å²) in [7, 11) is 0. The minimum atomic E-state index is -0.419. The van der Waals surface area contributed by atoms with Crippen molar-refractivity contribution in [1.82, 2.24) is 4.90 Å². The molecule has 0 aliphatic carbocycles. The maximum atomic E-state index is 13.9. The molecule has 120 valence electrons. The smallest absolute Gasteiger partial charge is 0.227 e. The van der Waals surface area contributed by atoms with Crippen molar-refractivity contribution in [3.05, 3.63) is 70.0 Å². The summed E-state index contributed by atoms with van der Waals surface area (Å²) < 4.78 is 13.9. The van der Waals surface area contributed by atoms with Crippen LogP contribution < -0.4 is 0 Å². The zero-order valence-electron chi connectivity index (χ0n) is 13.1. The average Bonchev–Trinajstić information content (AvgIpc) is 3.01. The van der Waals surface area contributed by atoms with Crippen LogP contribution in [0.1, 0.15) is 35.6 Å². The van der Waals surface area contributed by atoms with E-state index in [9.17, 15) is 9.18 Å². The van der Waals surface area contributed by atoms with E-state index in [1.165, 1.54) is 17.2 Å². The minimum absolute atomic E-state index is 0.00783. The van der Waals surface area contributed by atoms with Crippen molar-refractivity contribution in [2.45, 2.75) is 32.2 Å². The third-order valence-corrected chi connectivity index (χ3v) is 4.86. The Morgan fingerprint density at radius 2 is 2.04 bits per heavy atom. The van der Waals surface area contributed by atoms with E-state index < -0.39 is 5.82 Å². The van der Waals surface area contributed by atoms with E-state index in [2.05, 4.69) is 19.1 Å². The van der Waals surface area contributed by atoms with Crippen LogP contribution >= 0.6 is 11.6 Å². The van der Waals surface area contributed by atoms with Gasteiger partial charge in [-0.15, -0.1) is 0 Å². The van der Waals surface area contributed by atoms with Gasteiger partial charge < -0.3 is 4.90 Å². The molecule has 2 aromatic rings. The number of rotatable bonds is 3. The maximum Gasteiger partial charge on any atom is 0.227 e. The van der Waals surface area contributed by atoms with E-state index >= 15 is 0 Å². The van der Waals surface area contributed by atoms with Gasteiger partial charge in [-0.1, -0.05) is 41.9 Å². The molecule has 1 saturated heterocycles. The highest BCUT2D eigenvalue weighted by molar-refractivity contribution is 6.31. The molecular weight excluding hydrogens is 313 g/mol. The van der Waals surface area contributed by atoms with Gasteiger partial charge in [0.05, 0.1) is 12.5 Å². The first-order chi connectivity index (χ1) is 11.1. The van der Waals surface area contributed by atoms with Crippen molar-refractivity contribution in [1.29, 1.82) is 0 Å². The molecule has 0 bridgehead atoms. The quantitative estimate of drug-likeness (QED) is 0.798. The van der Waals surface area contributed by atoms with E-state index in [0.29, 0.717) is 11.6 Å². The first kappa shape index (κ1) is 16.0. The standard InChI is InChI=1S/C19H19ClFNO/c1-13-6-2-3-7-14(13)18-10-5-11-22(18)19(23)12-15-16(20)8-4-9-17(15)21/h2-4,6-9,18H,5,10-12H2,1H3/t18-/m1/s1. The molecule has 1 aliphatic rings. The fourth-order valence-corrected chi connectivity index (χ4v) is 3.53. The third-order valence-electron chi connectivity index (χ3n) is 4.51. The number of likely N-dealkylation sites (tertiary alicyclic amines) is 1. The van der Waals surface area contributed by atoms with Gasteiger partial charge in [0.15, 0.2) is 0 Å². The largest absolute Gasteiger partial charge is 0.335 e. The average molecular weight is 332 g/mol. The molecule has 1 amide bonds. The van der Waals surface area contributed by atoms with E-state index in [1.54, 1.807) is 12.1 Å². The van der Waals surface area contributed by atoms with Crippen LogP contribution in [0.25, 0.3) is 0 Å². The van der Waals surface area contributed by atoms with E-state index in [0.717, 1.165) is 12.8 Å². The van der Waals surface area contributed by atoms with E-state index in [1.807, 2.05) is 17.0 Å². The van der Waals surface area contributed by atoms with Gasteiger partial charge in [0.25, 0.3) is 0 Å². The molecule has 23 heavy (non-hydrogen) atoms. The summed E-state index contributed by atoms with van der Waals surface area (Å²) in [5, 5.41) is 0.310. The lowest BCUT2D eigenvalue weighted by atomic mass is 9.99. The highest BCUT2D eigenvalue weighted by atomic mass is 35.5. The van der Waals surface area contributed by atoms with Crippen LogP contribution in [0.3, 0.4) is 0 Å². The van der Waals surface area contributed by atoms with Gasteiger partial charge in [-0.3, -0.25) is 4.79 Å². The number of nitrogens with zero attached hydrogens (tertiary/aromatic N) is 1. The monoisotopic (exact) mass is 331 g/mol. The molecule has 3 rings (SSSR count). The fraction of sp³-hybridized carbons (Fsp3) is 0.316. The Balaban J connectivity index is 1.83. The fourth-order valence-electron chi connectivity index (χ4n) is 3.30. The number of carbonyl (C=O) groups excluding carboxylic acids is 1. The Bertz CT molecular complexity index is 711. The van der Waals surface area contributed by atoms with Gasteiger partial charge in [0.2, 0.25) is 5.91 Å². The third kappa shape index (κ3) is 3.25. The predicted octanol–water partition coefficient (Wildman–Crippen LogP) is 4.69. The zero-order valence-corrected chi connectivity index (χ0v) is 13.8. The molecule has 0 radical (unpaired) electrons. The molecule has 1 fully saturated rings. The molecule has 0 aromatic heterocycles. The summed E-state index contributed by atoms with van der Waals surface area (Å²) in [5.41, 5.74) is 2.65. The van der Waals surface area contributed by atoms with Crippen molar-refractivity contribution >= 4 is 17.5 Å². The Labute approximate surface area is 140 Å². The second-order valence-corrected chi connectivity index (χ2v) is 6.39. The topological polar surface area (TPSA) is 20.3 Å². The molecule has 1 atom stereocenters. The Kier molecular flexibility index (Phi) is 4.67. The first-order valence-corrected chi connectivity index (χ1v) is 8.23. The molecule has 1 aliphatic heterocycles. The van der Waals surface area contributed by atoms with Crippen LogP contribution in [0.4, 0.5) is 4.39 Å². The van der Waals surface area contributed by atoms with Crippen LogP contribution in [-0.4, -0.2) is 17.4 Å². The number of amides is 1. The van der Waals surface area contributed by atoms with Gasteiger partial charge >= 0.3 is 0 Å². The van der Waals surface area contributed by atoms with Crippen molar-refractivity contribution in [3.8, 4) is 0 Å². The molecule has 0 N–H and O–H groups in total. The number of aryl methyl sites for hydroxylation is 1. The van der Waals surface area contributed by atoms with Crippen molar-refractivity contribution in [2.24, 2.45) is 0 Å². The van der Waals surface area contributed by atoms with Crippen LogP contribution in [0, 0.1) is 12.7 Å². The van der Waals surface area contributed by atoms with Crippen molar-refractivity contribution < 1.29 is 9.18 Å². The lowest BCUT2D eigenvalue weighted by Gasteiger charge is -2.26. The van der Waals surface area contributed by atoms with Crippen LogP contribution in [0.15, 0.2) is 42.5 Å². The van der Waals surface area contributed by atoms with Gasteiger partial charge in [-0.25, -0.2) is 4.39 Å². The molecule has 0 spiro atoms. The number of carbonyl (C=O) groups is 1. The summed E-state index contributed by atoms with van der Waals surface area (Å²) in [6, 6.07) is 12.7. The van der Waals surface area contributed by atoms with Crippen LogP contribution in [0.2, 0.25) is 5.02 Å². The van der Waals surface area contributed by atoms with E-state index in [-0.39, 0.29) is 23.9 Å². The number of halogens is 2. The van der Waals surface area contributed by atoms with E-state index in [4.69, 9.17) is 11.6 Å². The van der Waals surface area contributed by atoms with Gasteiger partial charge in [-0.2, -0.15) is 0 Å². The molecule has 0 unspecified atom stereocenters. The van der Waals surface area contributed by atoms with Crippen LogP contribution in [0.5, 0.6) is 0 Å². The second-order valence-electron chi connectivity index (χ2n) is 5.98. The summed E-state index contributed by atoms with van der Waals surface area (Å²) in [6.45, 7) is 2.77. The molecule has 4 heteroatoms. The number of hydrogen-bond acceptors (Lipinski definition) is 1. The van der Waals surface area contributed by atoms with Crippen molar-refractivity contribution in [3.63, 3.8) is 0 Å². The molecule has 2 nitrogen and oxygen atoms in total. The molecular formula is C19H19ClFNO. The molecule has 0 saturated carbocycles. The number of hydrogen-bond donors (Lipinski definition) is 0. The Morgan fingerprint density at radius 3 is 2.78 bits per heavy atom. The Morgan fingerprint density at radius 1 is 1.26 bits per heavy atom. The summed E-state index contributed by atoms with van der Waals surface area (Å²) in [6.07, 6.45) is 1.92. The molecule has 2 aromatic carbocycles. The SMILES string of the molecule is Cc1ccccc1[C@H]1CCCN1C(=O)Cc1c(F)cccc1Cl. The molecule has 1 heterocycles. The normalized spacial score (nSPS) is 17.5. The summed E-state index contributed by atoms with van der Waals surface area (Å²) in [4.78, 5) is 14.6.